The largest absolute Gasteiger partial charge is 0.504 e. The summed E-state index contributed by atoms with van der Waals surface area (Å²) < 4.78 is 9.91. The lowest BCUT2D eigenvalue weighted by Gasteiger charge is -2.15. The zero-order valence-corrected chi connectivity index (χ0v) is 19.5. The van der Waals surface area contributed by atoms with Crippen molar-refractivity contribution >= 4 is 30.2 Å². The van der Waals surface area contributed by atoms with E-state index in [0.29, 0.717) is 16.7 Å². The average molecular weight is 508 g/mol. The lowest BCUT2D eigenvalue weighted by Crippen LogP contribution is -2.30. The molecule has 0 spiro atoms. The van der Waals surface area contributed by atoms with Gasteiger partial charge in [0.2, 0.25) is 6.10 Å². The number of phenolic OH excluding ortho intramolecular Hbond substituents is 6. The Balaban J connectivity index is 1.81. The molecule has 37 heavy (non-hydrogen) atoms. The molecule has 0 heterocycles. The summed E-state index contributed by atoms with van der Waals surface area (Å²) in [5, 5.41) is 58.4. The second-order valence-corrected chi connectivity index (χ2v) is 7.83. The molecular weight excluding hydrogens is 484 g/mol. The van der Waals surface area contributed by atoms with Gasteiger partial charge in [-0.3, -0.25) is 0 Å². The van der Waals surface area contributed by atoms with Gasteiger partial charge in [-0.25, -0.2) is 9.59 Å². The number of methoxy groups -OCH3 is 1. The molecule has 0 aliphatic rings. The van der Waals surface area contributed by atoms with Crippen LogP contribution in [0.1, 0.15) is 22.3 Å². The van der Waals surface area contributed by atoms with Crippen molar-refractivity contribution in [1.29, 1.82) is 0 Å². The summed E-state index contributed by atoms with van der Waals surface area (Å²) in [6.07, 6.45) is 3.77. The Morgan fingerprint density at radius 2 is 1.43 bits per heavy atom. The normalized spacial score (nSPS) is 12.0. The van der Waals surface area contributed by atoms with E-state index < -0.39 is 35.3 Å². The molecule has 0 fully saturated rings. The van der Waals surface area contributed by atoms with Crippen molar-refractivity contribution in [2.45, 2.75) is 12.5 Å². The SMILES string of the molecule is COC(=O)[C@@H](Cc1ccc(O)c(O)c1)OC(=O)/C=C/c1ccc(O)c(O)c1/C=C/c1ccc(O)c(O)c1. The van der Waals surface area contributed by atoms with Crippen LogP contribution in [0, 0.1) is 0 Å². The summed E-state index contributed by atoms with van der Waals surface area (Å²) >= 11 is 0. The molecular formula is C27H24O10. The Kier molecular flexibility index (Phi) is 8.26. The van der Waals surface area contributed by atoms with Gasteiger partial charge < -0.3 is 40.1 Å². The lowest BCUT2D eigenvalue weighted by molar-refractivity contribution is -0.162. The van der Waals surface area contributed by atoms with Crippen LogP contribution in [-0.4, -0.2) is 55.8 Å². The Morgan fingerprint density at radius 1 is 0.784 bits per heavy atom. The first-order chi connectivity index (χ1) is 17.6. The molecule has 3 aromatic rings. The molecule has 0 aromatic heterocycles. The van der Waals surface area contributed by atoms with E-state index >= 15 is 0 Å². The highest BCUT2D eigenvalue weighted by molar-refractivity contribution is 5.91. The van der Waals surface area contributed by atoms with Crippen molar-refractivity contribution in [3.8, 4) is 34.5 Å². The first-order valence-corrected chi connectivity index (χ1v) is 10.8. The van der Waals surface area contributed by atoms with E-state index in [1.807, 2.05) is 0 Å². The highest BCUT2D eigenvalue weighted by Gasteiger charge is 2.24. The summed E-state index contributed by atoms with van der Waals surface area (Å²) in [4.78, 5) is 24.6. The second-order valence-electron chi connectivity index (χ2n) is 7.83. The first-order valence-electron chi connectivity index (χ1n) is 10.8. The quantitative estimate of drug-likeness (QED) is 0.114. The zero-order valence-electron chi connectivity index (χ0n) is 19.5. The summed E-state index contributed by atoms with van der Waals surface area (Å²) in [7, 11) is 1.12. The van der Waals surface area contributed by atoms with E-state index in [1.165, 1.54) is 66.8 Å². The molecule has 10 heteroatoms. The number of esters is 2. The predicted molar refractivity (Wildman–Crippen MR) is 133 cm³/mol. The van der Waals surface area contributed by atoms with Gasteiger partial charge >= 0.3 is 11.9 Å². The fourth-order valence-electron chi connectivity index (χ4n) is 3.31. The summed E-state index contributed by atoms with van der Waals surface area (Å²) in [6, 6.07) is 10.6. The summed E-state index contributed by atoms with van der Waals surface area (Å²) in [5.41, 5.74) is 1.33. The van der Waals surface area contributed by atoms with Crippen molar-refractivity contribution in [1.82, 2.24) is 0 Å². The molecule has 10 nitrogen and oxygen atoms in total. The van der Waals surface area contributed by atoms with E-state index in [1.54, 1.807) is 0 Å². The fraction of sp³-hybridized carbons (Fsp3) is 0.111. The number of carbonyl (C=O) groups excluding carboxylic acids is 2. The van der Waals surface area contributed by atoms with E-state index in [9.17, 15) is 40.2 Å². The predicted octanol–water partition coefficient (Wildman–Crippen LogP) is 3.43. The molecule has 6 N–H and O–H groups in total. The number of phenols is 6. The molecule has 0 unspecified atom stereocenters. The van der Waals surface area contributed by atoms with Gasteiger partial charge in [-0.2, -0.15) is 0 Å². The van der Waals surface area contributed by atoms with E-state index in [2.05, 4.69) is 4.74 Å². The van der Waals surface area contributed by atoms with Crippen LogP contribution in [0.25, 0.3) is 18.2 Å². The minimum atomic E-state index is -1.35. The molecule has 0 bridgehead atoms. The van der Waals surface area contributed by atoms with E-state index in [4.69, 9.17) is 4.74 Å². The average Bonchev–Trinajstić information content (AvgIpc) is 2.87. The zero-order chi connectivity index (χ0) is 27.1. The fourth-order valence-corrected chi connectivity index (χ4v) is 3.31. The molecule has 0 aliphatic carbocycles. The van der Waals surface area contributed by atoms with Gasteiger partial charge in [-0.05, 0) is 59.2 Å². The van der Waals surface area contributed by atoms with Gasteiger partial charge in [0, 0.05) is 18.1 Å². The number of hydrogen-bond donors (Lipinski definition) is 6. The Bertz CT molecular complexity index is 1370. The van der Waals surface area contributed by atoms with Crippen LogP contribution in [0.2, 0.25) is 0 Å². The number of rotatable bonds is 8. The van der Waals surface area contributed by atoms with Crippen LogP contribution >= 0.6 is 0 Å². The van der Waals surface area contributed by atoms with Crippen LogP contribution in [0.3, 0.4) is 0 Å². The Labute approximate surface area is 211 Å². The highest BCUT2D eigenvalue weighted by atomic mass is 16.6. The maximum atomic E-state index is 12.5. The van der Waals surface area contributed by atoms with Gasteiger partial charge in [0.05, 0.1) is 7.11 Å². The minimum absolute atomic E-state index is 0.131. The minimum Gasteiger partial charge on any atom is -0.504 e. The molecule has 3 aromatic carbocycles. The van der Waals surface area contributed by atoms with Gasteiger partial charge in [0.15, 0.2) is 34.5 Å². The maximum absolute atomic E-state index is 12.5. The van der Waals surface area contributed by atoms with Crippen molar-refractivity contribution in [3.05, 3.63) is 76.9 Å². The monoisotopic (exact) mass is 508 g/mol. The molecule has 3 rings (SSSR count). The highest BCUT2D eigenvalue weighted by Crippen LogP contribution is 2.34. The van der Waals surface area contributed by atoms with Crippen molar-refractivity contribution in [2.24, 2.45) is 0 Å². The Hall–Kier alpha value is -5.12. The van der Waals surface area contributed by atoms with Gasteiger partial charge in [0.1, 0.15) is 0 Å². The number of aromatic hydroxyl groups is 6. The third kappa shape index (κ3) is 6.73. The third-order valence-electron chi connectivity index (χ3n) is 5.25. The van der Waals surface area contributed by atoms with E-state index in [0.717, 1.165) is 13.2 Å². The van der Waals surface area contributed by atoms with Gasteiger partial charge in [0.25, 0.3) is 0 Å². The molecule has 0 radical (unpaired) electrons. The molecule has 192 valence electrons. The molecule has 1 atom stereocenters. The van der Waals surface area contributed by atoms with Gasteiger partial charge in [-0.1, -0.05) is 24.3 Å². The van der Waals surface area contributed by atoms with Crippen LogP contribution < -0.4 is 0 Å². The smallest absolute Gasteiger partial charge is 0.347 e. The van der Waals surface area contributed by atoms with Crippen LogP contribution in [-0.2, 0) is 25.5 Å². The molecule has 0 aliphatic heterocycles. The van der Waals surface area contributed by atoms with Crippen LogP contribution in [0.4, 0.5) is 0 Å². The standard InChI is InChI=1S/C27H24O10/c1-36-27(35)24(14-16-4-9-20(29)23(32)13-16)37-25(33)11-6-17-5-10-21(30)26(34)18(17)7-2-15-3-8-19(28)22(31)12-15/h2-13,24,28-32,34H,14H2,1H3/b7-2+,11-6+/t24-/m1/s1. The van der Waals surface area contributed by atoms with Crippen molar-refractivity contribution < 1.29 is 49.7 Å². The molecule has 0 saturated heterocycles. The molecule has 0 amide bonds. The van der Waals surface area contributed by atoms with Crippen LogP contribution in [0.5, 0.6) is 34.5 Å². The van der Waals surface area contributed by atoms with Crippen molar-refractivity contribution in [2.75, 3.05) is 7.11 Å². The van der Waals surface area contributed by atoms with Crippen molar-refractivity contribution in [3.63, 3.8) is 0 Å². The number of hydrogen-bond acceptors (Lipinski definition) is 10. The number of carbonyl (C=O) groups is 2. The topological polar surface area (TPSA) is 174 Å². The number of benzene rings is 3. The first kappa shape index (κ1) is 26.5. The maximum Gasteiger partial charge on any atom is 0.347 e. The van der Waals surface area contributed by atoms with Crippen LogP contribution in [0.15, 0.2) is 54.6 Å². The molecule has 0 saturated carbocycles. The number of ether oxygens (including phenoxy) is 2. The summed E-state index contributed by atoms with van der Waals surface area (Å²) in [5.74, 6) is -4.00. The lowest BCUT2D eigenvalue weighted by atomic mass is 10.0. The summed E-state index contributed by atoms with van der Waals surface area (Å²) in [6.45, 7) is 0. The second kappa shape index (κ2) is 11.5. The van der Waals surface area contributed by atoms with E-state index in [-0.39, 0.29) is 29.2 Å². The Morgan fingerprint density at radius 3 is 2.08 bits per heavy atom. The van der Waals surface area contributed by atoms with Gasteiger partial charge in [-0.15, -0.1) is 0 Å². The third-order valence-corrected chi connectivity index (χ3v) is 5.25.